The molecule has 0 bridgehead atoms. The van der Waals surface area contributed by atoms with Crippen molar-refractivity contribution in [1.29, 1.82) is 0 Å². The van der Waals surface area contributed by atoms with E-state index in [1.807, 2.05) is 0 Å². The Hall–Kier alpha value is -1.67. The van der Waals surface area contributed by atoms with Crippen LogP contribution in [0.5, 0.6) is 11.5 Å². The molecule has 0 radical (unpaired) electrons. The van der Waals surface area contributed by atoms with Gasteiger partial charge in [-0.05, 0) is 36.8 Å². The van der Waals surface area contributed by atoms with Crippen molar-refractivity contribution < 1.29 is 27.4 Å². The number of benzene rings is 1. The Bertz CT molecular complexity index is 630. The van der Waals surface area contributed by atoms with Crippen LogP contribution in [0.4, 0.5) is 13.2 Å². The zero-order valence-corrected chi connectivity index (χ0v) is 14.9. The standard InChI is InChI=1S/C17H21F3N2O3.ClH/c18-17(19,20)10-25-15-4-2-1-3-14(15)24-9-16(23)22-7-11-5-6-13(21)12(11)8-22;/h1-4,11-13H,5-10,21H2;1H. The van der Waals surface area contributed by atoms with E-state index in [-0.39, 0.29) is 42.5 Å². The van der Waals surface area contributed by atoms with Crippen molar-refractivity contribution in [3.8, 4) is 11.5 Å². The third-order valence-electron chi connectivity index (χ3n) is 4.86. The second kappa shape index (κ2) is 8.35. The van der Waals surface area contributed by atoms with Gasteiger partial charge < -0.3 is 20.1 Å². The average molecular weight is 395 g/mol. The Morgan fingerprint density at radius 1 is 1.15 bits per heavy atom. The lowest BCUT2D eigenvalue weighted by molar-refractivity contribution is -0.153. The number of nitrogens with zero attached hydrogens (tertiary/aromatic N) is 1. The summed E-state index contributed by atoms with van der Waals surface area (Å²) in [5.74, 6) is 0.684. The van der Waals surface area contributed by atoms with Crippen molar-refractivity contribution >= 4 is 18.3 Å². The molecule has 3 unspecified atom stereocenters. The molecule has 146 valence electrons. The molecular weight excluding hydrogens is 373 g/mol. The second-order valence-corrected chi connectivity index (χ2v) is 6.60. The third kappa shape index (κ3) is 4.94. The van der Waals surface area contributed by atoms with Crippen LogP contribution in [-0.2, 0) is 4.79 Å². The predicted molar refractivity (Wildman–Crippen MR) is 91.5 cm³/mol. The highest BCUT2D eigenvalue weighted by Gasteiger charge is 2.42. The third-order valence-corrected chi connectivity index (χ3v) is 4.86. The number of carbonyl (C=O) groups is 1. The Labute approximate surface area is 156 Å². The highest BCUT2D eigenvalue weighted by atomic mass is 35.5. The normalized spacial score (nSPS) is 24.8. The molecule has 3 atom stereocenters. The topological polar surface area (TPSA) is 64.8 Å². The summed E-state index contributed by atoms with van der Waals surface area (Å²) in [6.45, 7) is -0.344. The highest BCUT2D eigenvalue weighted by Crippen LogP contribution is 2.37. The van der Waals surface area contributed by atoms with E-state index in [0.29, 0.717) is 24.9 Å². The molecule has 0 aromatic heterocycles. The minimum atomic E-state index is -4.44. The molecule has 2 N–H and O–H groups in total. The molecular formula is C17H22ClF3N2O3. The molecule has 1 saturated heterocycles. The van der Waals surface area contributed by atoms with Gasteiger partial charge in [0, 0.05) is 19.1 Å². The van der Waals surface area contributed by atoms with Gasteiger partial charge in [0.15, 0.2) is 24.7 Å². The van der Waals surface area contributed by atoms with Gasteiger partial charge in [-0.3, -0.25) is 4.79 Å². The summed E-state index contributed by atoms with van der Waals surface area (Å²) < 4.78 is 47.0. The quantitative estimate of drug-likeness (QED) is 0.833. The number of alkyl halides is 3. The van der Waals surface area contributed by atoms with E-state index in [2.05, 4.69) is 0 Å². The van der Waals surface area contributed by atoms with E-state index in [1.165, 1.54) is 12.1 Å². The van der Waals surface area contributed by atoms with Crippen LogP contribution in [0, 0.1) is 11.8 Å². The van der Waals surface area contributed by atoms with E-state index in [4.69, 9.17) is 15.2 Å². The van der Waals surface area contributed by atoms with Gasteiger partial charge in [-0.2, -0.15) is 13.2 Å². The van der Waals surface area contributed by atoms with Crippen LogP contribution < -0.4 is 15.2 Å². The average Bonchev–Trinajstić information content (AvgIpc) is 3.13. The van der Waals surface area contributed by atoms with Crippen LogP contribution in [0.1, 0.15) is 12.8 Å². The fourth-order valence-corrected chi connectivity index (χ4v) is 3.59. The van der Waals surface area contributed by atoms with Crippen LogP contribution in [0.2, 0.25) is 0 Å². The van der Waals surface area contributed by atoms with E-state index in [0.717, 1.165) is 12.8 Å². The zero-order chi connectivity index (χ0) is 18.0. The summed E-state index contributed by atoms with van der Waals surface area (Å²) in [6.07, 6.45) is -2.41. The van der Waals surface area contributed by atoms with Crippen molar-refractivity contribution in [2.24, 2.45) is 17.6 Å². The van der Waals surface area contributed by atoms with E-state index in [9.17, 15) is 18.0 Å². The first-order chi connectivity index (χ1) is 11.8. The molecule has 1 aliphatic carbocycles. The maximum absolute atomic E-state index is 12.3. The number of para-hydroxylation sites is 2. The van der Waals surface area contributed by atoms with E-state index >= 15 is 0 Å². The lowest BCUT2D eigenvalue weighted by Crippen LogP contribution is -2.36. The summed E-state index contributed by atoms with van der Waals surface area (Å²) >= 11 is 0. The lowest BCUT2D eigenvalue weighted by Gasteiger charge is -2.19. The van der Waals surface area contributed by atoms with Crippen molar-refractivity contribution in [3.05, 3.63) is 24.3 Å². The maximum Gasteiger partial charge on any atom is 0.422 e. The summed E-state index contributed by atoms with van der Waals surface area (Å²) in [5.41, 5.74) is 6.06. The number of carbonyl (C=O) groups excluding carboxylic acids is 1. The maximum atomic E-state index is 12.3. The zero-order valence-electron chi connectivity index (χ0n) is 14.1. The van der Waals surface area contributed by atoms with Crippen LogP contribution in [-0.4, -0.2) is 49.3 Å². The molecule has 5 nitrogen and oxygen atoms in total. The van der Waals surface area contributed by atoms with Crippen LogP contribution in [0.25, 0.3) is 0 Å². The smallest absolute Gasteiger partial charge is 0.422 e. The van der Waals surface area contributed by atoms with Crippen molar-refractivity contribution in [3.63, 3.8) is 0 Å². The SMILES string of the molecule is Cl.NC1CCC2CN(C(=O)COc3ccccc3OCC(F)(F)F)CC12. The number of nitrogens with two attached hydrogens (primary N) is 1. The number of amides is 1. The monoisotopic (exact) mass is 394 g/mol. The molecule has 26 heavy (non-hydrogen) atoms. The van der Waals surface area contributed by atoms with Gasteiger partial charge in [0.25, 0.3) is 5.91 Å². The Morgan fingerprint density at radius 3 is 2.42 bits per heavy atom. The summed E-state index contributed by atoms with van der Waals surface area (Å²) in [7, 11) is 0. The van der Waals surface area contributed by atoms with Crippen molar-refractivity contribution in [1.82, 2.24) is 4.90 Å². The Kier molecular flexibility index (Phi) is 6.63. The first-order valence-electron chi connectivity index (χ1n) is 8.28. The number of hydrogen-bond donors (Lipinski definition) is 1. The lowest BCUT2D eigenvalue weighted by atomic mass is 9.98. The van der Waals surface area contributed by atoms with Crippen LogP contribution in [0.15, 0.2) is 24.3 Å². The Morgan fingerprint density at radius 2 is 1.81 bits per heavy atom. The molecule has 1 saturated carbocycles. The predicted octanol–water partition coefficient (Wildman–Crippen LogP) is 2.62. The van der Waals surface area contributed by atoms with Gasteiger partial charge in [0.2, 0.25) is 0 Å². The van der Waals surface area contributed by atoms with Gasteiger partial charge in [-0.25, -0.2) is 0 Å². The molecule has 1 aromatic rings. The number of fused-ring (bicyclic) bond motifs is 1. The minimum Gasteiger partial charge on any atom is -0.480 e. The fraction of sp³-hybridized carbons (Fsp3) is 0.588. The molecule has 9 heteroatoms. The highest BCUT2D eigenvalue weighted by molar-refractivity contribution is 5.85. The molecule has 2 aliphatic rings. The molecule has 2 fully saturated rings. The second-order valence-electron chi connectivity index (χ2n) is 6.60. The first kappa shape index (κ1) is 20.6. The van der Waals surface area contributed by atoms with Crippen molar-refractivity contribution in [2.45, 2.75) is 25.1 Å². The molecule has 0 spiro atoms. The molecule has 3 rings (SSSR count). The van der Waals surface area contributed by atoms with Gasteiger partial charge in [0.05, 0.1) is 0 Å². The molecule has 1 aliphatic heterocycles. The summed E-state index contributed by atoms with van der Waals surface area (Å²) in [4.78, 5) is 14.1. The van der Waals surface area contributed by atoms with Gasteiger partial charge in [-0.15, -0.1) is 12.4 Å². The first-order valence-corrected chi connectivity index (χ1v) is 8.28. The summed E-state index contributed by atoms with van der Waals surface area (Å²) in [5, 5.41) is 0. The van der Waals surface area contributed by atoms with Crippen LogP contribution >= 0.6 is 12.4 Å². The van der Waals surface area contributed by atoms with Crippen molar-refractivity contribution in [2.75, 3.05) is 26.3 Å². The largest absolute Gasteiger partial charge is 0.480 e. The van der Waals surface area contributed by atoms with Gasteiger partial charge >= 0.3 is 6.18 Å². The number of halogens is 4. The number of ether oxygens (including phenoxy) is 2. The van der Waals surface area contributed by atoms with Gasteiger partial charge in [0.1, 0.15) is 0 Å². The summed E-state index contributed by atoms with van der Waals surface area (Å²) in [6, 6.07) is 6.15. The fourth-order valence-electron chi connectivity index (χ4n) is 3.59. The van der Waals surface area contributed by atoms with Gasteiger partial charge in [-0.1, -0.05) is 12.1 Å². The van der Waals surface area contributed by atoms with E-state index < -0.39 is 12.8 Å². The van der Waals surface area contributed by atoms with Crippen LogP contribution in [0.3, 0.4) is 0 Å². The minimum absolute atomic E-state index is 0. The molecule has 1 aromatic carbocycles. The number of rotatable bonds is 5. The van der Waals surface area contributed by atoms with E-state index in [1.54, 1.807) is 17.0 Å². The molecule has 1 amide bonds. The number of hydrogen-bond acceptors (Lipinski definition) is 4. The molecule has 1 heterocycles. The number of likely N-dealkylation sites (tertiary alicyclic amines) is 1. The Balaban J connectivity index is 0.00000243.